The molecule has 0 radical (unpaired) electrons. The average Bonchev–Trinajstić information content (AvgIpc) is 2.70. The van der Waals surface area contributed by atoms with Gasteiger partial charge in [-0.25, -0.2) is 0 Å². The van der Waals surface area contributed by atoms with E-state index in [1.165, 1.54) is 0 Å². The number of aliphatic hydroxyl groups is 1. The van der Waals surface area contributed by atoms with Gasteiger partial charge in [0.1, 0.15) is 5.60 Å². The first-order chi connectivity index (χ1) is 12.2. The molecular formula is C23H26O2. The lowest BCUT2D eigenvalue weighted by atomic mass is 9.80. The van der Waals surface area contributed by atoms with Gasteiger partial charge in [0.05, 0.1) is 0 Å². The minimum absolute atomic E-state index is 0.844. The van der Waals surface area contributed by atoms with Gasteiger partial charge in [-0.2, -0.15) is 0 Å². The largest absolute Gasteiger partial charge is 0.382 e. The summed E-state index contributed by atoms with van der Waals surface area (Å²) in [5.74, 6) is 0. The van der Waals surface area contributed by atoms with Crippen LogP contribution in [0.4, 0.5) is 0 Å². The van der Waals surface area contributed by atoms with Crippen LogP contribution in [0.3, 0.4) is 0 Å². The molecule has 0 saturated heterocycles. The molecule has 0 spiro atoms. The second kappa shape index (κ2) is 9.77. The fraction of sp³-hybridized carbons (Fsp3) is 0.217. The summed E-state index contributed by atoms with van der Waals surface area (Å²) in [4.78, 5) is 0. The van der Waals surface area contributed by atoms with Crippen molar-refractivity contribution in [3.05, 3.63) is 108 Å². The Morgan fingerprint density at radius 1 is 0.600 bits per heavy atom. The van der Waals surface area contributed by atoms with Gasteiger partial charge >= 0.3 is 0 Å². The Kier molecular flexibility index (Phi) is 7.39. The third-order valence-electron chi connectivity index (χ3n) is 3.98. The first-order valence-electron chi connectivity index (χ1n) is 8.70. The quantitative estimate of drug-likeness (QED) is 0.664. The van der Waals surface area contributed by atoms with Crippen molar-refractivity contribution in [1.29, 1.82) is 0 Å². The monoisotopic (exact) mass is 334 g/mol. The molecule has 1 N–H and O–H groups in total. The van der Waals surface area contributed by atoms with E-state index in [4.69, 9.17) is 4.74 Å². The van der Waals surface area contributed by atoms with Gasteiger partial charge in [-0.15, -0.1) is 0 Å². The van der Waals surface area contributed by atoms with Gasteiger partial charge in [0.15, 0.2) is 0 Å². The van der Waals surface area contributed by atoms with E-state index in [1.807, 2.05) is 105 Å². The molecule has 3 aromatic rings. The van der Waals surface area contributed by atoms with Crippen molar-refractivity contribution in [1.82, 2.24) is 0 Å². The van der Waals surface area contributed by atoms with Crippen molar-refractivity contribution in [2.24, 2.45) is 0 Å². The highest BCUT2D eigenvalue weighted by Crippen LogP contribution is 2.36. The minimum Gasteiger partial charge on any atom is -0.382 e. The van der Waals surface area contributed by atoms with Crippen molar-refractivity contribution < 1.29 is 9.84 Å². The summed E-state index contributed by atoms with van der Waals surface area (Å²) >= 11 is 0. The normalized spacial score (nSPS) is 10.7. The van der Waals surface area contributed by atoms with E-state index in [-0.39, 0.29) is 0 Å². The zero-order valence-corrected chi connectivity index (χ0v) is 14.9. The van der Waals surface area contributed by atoms with Crippen molar-refractivity contribution in [2.45, 2.75) is 19.4 Å². The van der Waals surface area contributed by atoms with Crippen LogP contribution in [-0.2, 0) is 10.3 Å². The highest BCUT2D eigenvalue weighted by molar-refractivity contribution is 5.46. The predicted octanol–water partition coefficient (Wildman–Crippen LogP) is 5.01. The summed E-state index contributed by atoms with van der Waals surface area (Å²) in [6.07, 6.45) is 0. The standard InChI is InChI=1S/C19H16O.C4H10O/c20-19(16-10-4-1-5-11-16,17-12-6-2-7-13-17)18-14-8-3-9-15-18;1-3-5-4-2/h1-15,20H;3-4H2,1-2H3. The van der Waals surface area contributed by atoms with Gasteiger partial charge in [-0.1, -0.05) is 91.0 Å². The molecule has 0 bridgehead atoms. The third-order valence-corrected chi connectivity index (χ3v) is 3.98. The van der Waals surface area contributed by atoms with Crippen LogP contribution in [0.2, 0.25) is 0 Å². The van der Waals surface area contributed by atoms with Crippen molar-refractivity contribution in [3.63, 3.8) is 0 Å². The fourth-order valence-electron chi connectivity index (χ4n) is 2.74. The van der Waals surface area contributed by atoms with E-state index >= 15 is 0 Å². The average molecular weight is 334 g/mol. The number of benzene rings is 3. The summed E-state index contributed by atoms with van der Waals surface area (Å²) in [6, 6.07) is 29.3. The van der Waals surface area contributed by atoms with E-state index in [9.17, 15) is 5.11 Å². The summed E-state index contributed by atoms with van der Waals surface area (Å²) in [7, 11) is 0. The molecule has 2 heteroatoms. The minimum atomic E-state index is -1.12. The molecule has 0 aliphatic rings. The van der Waals surface area contributed by atoms with E-state index in [0.29, 0.717) is 0 Å². The molecule has 0 amide bonds. The summed E-state index contributed by atoms with van der Waals surface area (Å²) < 4.78 is 4.83. The molecule has 0 atom stereocenters. The molecule has 0 aliphatic heterocycles. The second-order valence-corrected chi connectivity index (χ2v) is 5.59. The zero-order valence-electron chi connectivity index (χ0n) is 14.9. The first-order valence-corrected chi connectivity index (χ1v) is 8.70. The van der Waals surface area contributed by atoms with Crippen LogP contribution >= 0.6 is 0 Å². The van der Waals surface area contributed by atoms with Gasteiger partial charge in [0.25, 0.3) is 0 Å². The Hall–Kier alpha value is -2.42. The molecular weight excluding hydrogens is 308 g/mol. The lowest BCUT2D eigenvalue weighted by Crippen LogP contribution is -2.28. The van der Waals surface area contributed by atoms with Crippen LogP contribution in [0, 0.1) is 0 Å². The molecule has 0 unspecified atom stereocenters. The third kappa shape index (κ3) is 4.79. The van der Waals surface area contributed by atoms with Crippen LogP contribution in [0.25, 0.3) is 0 Å². The highest BCUT2D eigenvalue weighted by atomic mass is 16.5. The van der Waals surface area contributed by atoms with Gasteiger partial charge in [0.2, 0.25) is 0 Å². The Bertz CT molecular complexity index is 610. The number of hydrogen-bond acceptors (Lipinski definition) is 2. The number of hydrogen-bond donors (Lipinski definition) is 1. The molecule has 0 fully saturated rings. The summed E-state index contributed by atoms with van der Waals surface area (Å²) in [5, 5.41) is 11.4. The summed E-state index contributed by atoms with van der Waals surface area (Å²) in [6.45, 7) is 5.67. The lowest BCUT2D eigenvalue weighted by molar-refractivity contribution is 0.125. The topological polar surface area (TPSA) is 29.5 Å². The number of ether oxygens (including phenoxy) is 1. The van der Waals surface area contributed by atoms with E-state index in [0.717, 1.165) is 29.9 Å². The van der Waals surface area contributed by atoms with Gasteiger partial charge in [-0.3, -0.25) is 0 Å². The number of rotatable bonds is 5. The van der Waals surface area contributed by atoms with E-state index < -0.39 is 5.60 Å². The maximum absolute atomic E-state index is 11.4. The predicted molar refractivity (Wildman–Crippen MR) is 104 cm³/mol. The van der Waals surface area contributed by atoms with Crippen LogP contribution in [0.1, 0.15) is 30.5 Å². The molecule has 0 aliphatic carbocycles. The van der Waals surface area contributed by atoms with Crippen LogP contribution < -0.4 is 0 Å². The molecule has 3 aromatic carbocycles. The zero-order chi connectivity index (χ0) is 18.0. The molecule has 3 rings (SSSR count). The van der Waals surface area contributed by atoms with Gasteiger partial charge in [-0.05, 0) is 30.5 Å². The fourth-order valence-corrected chi connectivity index (χ4v) is 2.74. The molecule has 2 nitrogen and oxygen atoms in total. The molecule has 0 heterocycles. The molecule has 0 aromatic heterocycles. The Labute approximate surface area is 150 Å². The maximum Gasteiger partial charge on any atom is 0.140 e. The maximum atomic E-state index is 11.4. The lowest BCUT2D eigenvalue weighted by Gasteiger charge is -2.30. The van der Waals surface area contributed by atoms with Gasteiger partial charge in [0, 0.05) is 13.2 Å². The van der Waals surface area contributed by atoms with Crippen LogP contribution in [-0.4, -0.2) is 18.3 Å². The molecule has 130 valence electrons. The van der Waals surface area contributed by atoms with Crippen molar-refractivity contribution in [3.8, 4) is 0 Å². The Morgan fingerprint density at radius 3 is 1.08 bits per heavy atom. The summed E-state index contributed by atoms with van der Waals surface area (Å²) in [5.41, 5.74) is 1.50. The van der Waals surface area contributed by atoms with Crippen LogP contribution in [0.5, 0.6) is 0 Å². The van der Waals surface area contributed by atoms with E-state index in [1.54, 1.807) is 0 Å². The SMILES string of the molecule is CCOCC.OC(c1ccccc1)(c1ccccc1)c1ccccc1. The first kappa shape index (κ1) is 18.9. The second-order valence-electron chi connectivity index (χ2n) is 5.59. The van der Waals surface area contributed by atoms with Gasteiger partial charge < -0.3 is 9.84 Å². The van der Waals surface area contributed by atoms with Crippen molar-refractivity contribution in [2.75, 3.05) is 13.2 Å². The smallest absolute Gasteiger partial charge is 0.140 e. The molecule has 0 saturated carbocycles. The Balaban J connectivity index is 0.000000399. The van der Waals surface area contributed by atoms with E-state index in [2.05, 4.69) is 0 Å². The molecule has 25 heavy (non-hydrogen) atoms. The Morgan fingerprint density at radius 2 is 0.880 bits per heavy atom. The van der Waals surface area contributed by atoms with Crippen molar-refractivity contribution >= 4 is 0 Å². The highest BCUT2D eigenvalue weighted by Gasteiger charge is 2.33. The van der Waals surface area contributed by atoms with Crippen LogP contribution in [0.15, 0.2) is 91.0 Å².